The highest BCUT2D eigenvalue weighted by atomic mass is 79.9. The Morgan fingerprint density at radius 3 is 2.71 bits per heavy atom. The molecule has 1 rings (SSSR count). The summed E-state index contributed by atoms with van der Waals surface area (Å²) < 4.78 is 6.05. The predicted molar refractivity (Wildman–Crippen MR) is 58.6 cm³/mol. The Labute approximate surface area is 91.4 Å². The van der Waals surface area contributed by atoms with Crippen molar-refractivity contribution in [2.24, 2.45) is 5.73 Å². The molecule has 2 N–H and O–H groups in total. The molecule has 0 fully saturated rings. The molecule has 14 heavy (non-hydrogen) atoms. The van der Waals surface area contributed by atoms with E-state index in [2.05, 4.69) is 15.9 Å². The number of halogens is 1. The topological polar surface area (TPSA) is 52.3 Å². The van der Waals surface area contributed by atoms with Crippen LogP contribution in [0.25, 0.3) is 0 Å². The zero-order chi connectivity index (χ0) is 10.7. The third kappa shape index (κ3) is 2.07. The lowest BCUT2D eigenvalue weighted by Gasteiger charge is -2.10. The number of nitrogens with two attached hydrogens (primary N) is 1. The number of primary amides is 1. The van der Waals surface area contributed by atoms with E-state index in [1.54, 1.807) is 6.07 Å². The van der Waals surface area contributed by atoms with Crippen LogP contribution in [-0.4, -0.2) is 12.5 Å². The summed E-state index contributed by atoms with van der Waals surface area (Å²) in [7, 11) is 0. The SMILES string of the molecule is CCOc1ccc(Br)c(C(N)=O)c1C. The quantitative estimate of drug-likeness (QED) is 0.903. The lowest BCUT2D eigenvalue weighted by Crippen LogP contribution is -2.14. The molecule has 76 valence electrons. The van der Waals surface area contributed by atoms with E-state index in [0.29, 0.717) is 22.4 Å². The summed E-state index contributed by atoms with van der Waals surface area (Å²) in [4.78, 5) is 11.1. The van der Waals surface area contributed by atoms with Crippen molar-refractivity contribution in [1.82, 2.24) is 0 Å². The normalized spacial score (nSPS) is 9.93. The second-order valence-corrected chi connectivity index (χ2v) is 3.70. The van der Waals surface area contributed by atoms with Crippen LogP contribution < -0.4 is 10.5 Å². The molecule has 0 unspecified atom stereocenters. The van der Waals surface area contributed by atoms with E-state index in [-0.39, 0.29) is 0 Å². The molecule has 1 amide bonds. The lowest BCUT2D eigenvalue weighted by atomic mass is 10.1. The summed E-state index contributed by atoms with van der Waals surface area (Å²) in [5, 5.41) is 0. The number of hydrogen-bond donors (Lipinski definition) is 1. The summed E-state index contributed by atoms with van der Waals surface area (Å²) in [5.74, 6) is 0.250. The molecule has 0 heterocycles. The van der Waals surface area contributed by atoms with E-state index >= 15 is 0 Å². The Morgan fingerprint density at radius 2 is 2.21 bits per heavy atom. The van der Waals surface area contributed by atoms with Gasteiger partial charge in [0.2, 0.25) is 5.91 Å². The largest absolute Gasteiger partial charge is 0.494 e. The monoisotopic (exact) mass is 257 g/mol. The molecule has 0 bridgehead atoms. The zero-order valence-corrected chi connectivity index (χ0v) is 9.72. The highest BCUT2D eigenvalue weighted by Gasteiger charge is 2.13. The van der Waals surface area contributed by atoms with Crippen LogP contribution in [0.1, 0.15) is 22.8 Å². The second-order valence-electron chi connectivity index (χ2n) is 2.84. The molecule has 4 heteroatoms. The minimum atomic E-state index is -0.448. The van der Waals surface area contributed by atoms with Gasteiger partial charge in [-0.05, 0) is 41.9 Å². The van der Waals surface area contributed by atoms with Crippen molar-refractivity contribution in [1.29, 1.82) is 0 Å². The van der Waals surface area contributed by atoms with Crippen molar-refractivity contribution >= 4 is 21.8 Å². The van der Waals surface area contributed by atoms with Crippen LogP contribution in [0.5, 0.6) is 5.75 Å². The number of benzene rings is 1. The molecule has 0 radical (unpaired) electrons. The second kappa shape index (κ2) is 4.46. The Hall–Kier alpha value is -1.03. The maximum absolute atomic E-state index is 11.1. The maximum atomic E-state index is 11.1. The van der Waals surface area contributed by atoms with Gasteiger partial charge >= 0.3 is 0 Å². The van der Waals surface area contributed by atoms with E-state index < -0.39 is 5.91 Å². The molecular weight excluding hydrogens is 246 g/mol. The Bertz CT molecular complexity index is 363. The standard InChI is InChI=1S/C10H12BrNO2/c1-3-14-8-5-4-7(11)9(6(8)2)10(12)13/h4-5H,3H2,1-2H3,(H2,12,13). The third-order valence-corrected chi connectivity index (χ3v) is 2.57. The molecule has 0 aliphatic heterocycles. The first-order chi connectivity index (χ1) is 6.57. The van der Waals surface area contributed by atoms with E-state index in [1.165, 1.54) is 0 Å². The van der Waals surface area contributed by atoms with Gasteiger partial charge in [-0.3, -0.25) is 4.79 Å². The van der Waals surface area contributed by atoms with E-state index in [4.69, 9.17) is 10.5 Å². The maximum Gasteiger partial charge on any atom is 0.250 e. The predicted octanol–water partition coefficient (Wildman–Crippen LogP) is 2.26. The fourth-order valence-electron chi connectivity index (χ4n) is 1.27. The molecular formula is C10H12BrNO2. The Morgan fingerprint density at radius 1 is 1.57 bits per heavy atom. The number of carbonyl (C=O) groups excluding carboxylic acids is 1. The van der Waals surface area contributed by atoms with Crippen molar-refractivity contribution in [3.8, 4) is 5.75 Å². The fraction of sp³-hybridized carbons (Fsp3) is 0.300. The average Bonchev–Trinajstić information content (AvgIpc) is 2.10. The van der Waals surface area contributed by atoms with Crippen LogP contribution in [-0.2, 0) is 0 Å². The number of rotatable bonds is 3. The molecule has 0 atom stereocenters. The molecule has 0 spiro atoms. The molecule has 0 aliphatic carbocycles. The highest BCUT2D eigenvalue weighted by molar-refractivity contribution is 9.10. The molecule has 0 aliphatic rings. The molecule has 0 saturated carbocycles. The number of ether oxygens (including phenoxy) is 1. The van der Waals surface area contributed by atoms with Gasteiger partial charge in [0.05, 0.1) is 12.2 Å². The van der Waals surface area contributed by atoms with Crippen molar-refractivity contribution in [2.75, 3.05) is 6.61 Å². The van der Waals surface area contributed by atoms with Gasteiger partial charge in [-0.1, -0.05) is 0 Å². The van der Waals surface area contributed by atoms with Gasteiger partial charge in [0, 0.05) is 10.0 Å². The Kier molecular flexibility index (Phi) is 3.52. The van der Waals surface area contributed by atoms with Gasteiger partial charge in [0.25, 0.3) is 0 Å². The molecule has 0 saturated heterocycles. The lowest BCUT2D eigenvalue weighted by molar-refractivity contribution is 0.0998. The van der Waals surface area contributed by atoms with Gasteiger partial charge in [0.1, 0.15) is 5.75 Å². The first-order valence-corrected chi connectivity index (χ1v) is 5.09. The first-order valence-electron chi connectivity index (χ1n) is 4.29. The van der Waals surface area contributed by atoms with Crippen LogP contribution in [0.15, 0.2) is 16.6 Å². The van der Waals surface area contributed by atoms with E-state index in [1.807, 2.05) is 19.9 Å². The average molecular weight is 258 g/mol. The molecule has 0 aromatic heterocycles. The van der Waals surface area contributed by atoms with Gasteiger partial charge in [-0.2, -0.15) is 0 Å². The Balaban J connectivity index is 3.26. The van der Waals surface area contributed by atoms with Gasteiger partial charge in [-0.25, -0.2) is 0 Å². The van der Waals surface area contributed by atoms with Gasteiger partial charge < -0.3 is 10.5 Å². The van der Waals surface area contributed by atoms with E-state index in [9.17, 15) is 4.79 Å². The first kappa shape index (κ1) is 11.0. The zero-order valence-electron chi connectivity index (χ0n) is 8.13. The van der Waals surface area contributed by atoms with Crippen LogP contribution in [0.2, 0.25) is 0 Å². The fourth-order valence-corrected chi connectivity index (χ4v) is 1.90. The van der Waals surface area contributed by atoms with Crippen molar-refractivity contribution < 1.29 is 9.53 Å². The summed E-state index contributed by atoms with van der Waals surface area (Å²) in [6.45, 7) is 4.28. The number of carbonyl (C=O) groups is 1. The number of hydrogen-bond acceptors (Lipinski definition) is 2. The van der Waals surface area contributed by atoms with Crippen molar-refractivity contribution in [2.45, 2.75) is 13.8 Å². The van der Waals surface area contributed by atoms with Crippen LogP contribution in [0, 0.1) is 6.92 Å². The summed E-state index contributed by atoms with van der Waals surface area (Å²) in [6, 6.07) is 3.58. The summed E-state index contributed by atoms with van der Waals surface area (Å²) in [5.41, 5.74) is 6.51. The van der Waals surface area contributed by atoms with Crippen LogP contribution in [0.4, 0.5) is 0 Å². The number of amides is 1. The summed E-state index contributed by atoms with van der Waals surface area (Å²) in [6.07, 6.45) is 0. The van der Waals surface area contributed by atoms with Gasteiger partial charge in [0.15, 0.2) is 0 Å². The molecule has 3 nitrogen and oxygen atoms in total. The minimum absolute atomic E-state index is 0.448. The smallest absolute Gasteiger partial charge is 0.250 e. The van der Waals surface area contributed by atoms with Crippen molar-refractivity contribution in [3.05, 3.63) is 27.7 Å². The van der Waals surface area contributed by atoms with E-state index in [0.717, 1.165) is 5.56 Å². The highest BCUT2D eigenvalue weighted by Crippen LogP contribution is 2.27. The van der Waals surface area contributed by atoms with Crippen LogP contribution >= 0.6 is 15.9 Å². The molecule has 1 aromatic rings. The third-order valence-electron chi connectivity index (χ3n) is 1.91. The minimum Gasteiger partial charge on any atom is -0.494 e. The van der Waals surface area contributed by atoms with Gasteiger partial charge in [-0.15, -0.1) is 0 Å². The van der Waals surface area contributed by atoms with Crippen LogP contribution in [0.3, 0.4) is 0 Å². The van der Waals surface area contributed by atoms with Crippen molar-refractivity contribution in [3.63, 3.8) is 0 Å². The summed E-state index contributed by atoms with van der Waals surface area (Å²) >= 11 is 3.28. The molecule has 1 aromatic carbocycles.